The van der Waals surface area contributed by atoms with Gasteiger partial charge in [0.2, 0.25) is 23.6 Å². The lowest BCUT2D eigenvalue weighted by Gasteiger charge is -2.35. The molecule has 2 saturated heterocycles. The van der Waals surface area contributed by atoms with Crippen LogP contribution in [0.25, 0.3) is 0 Å². The van der Waals surface area contributed by atoms with E-state index in [2.05, 4.69) is 0 Å². The van der Waals surface area contributed by atoms with Gasteiger partial charge in [0, 0.05) is 44.8 Å². The van der Waals surface area contributed by atoms with Crippen LogP contribution in [0.2, 0.25) is 0 Å². The molecule has 0 aromatic heterocycles. The average Bonchev–Trinajstić information content (AvgIpc) is 2.75. The van der Waals surface area contributed by atoms with Gasteiger partial charge in [-0.2, -0.15) is 0 Å². The number of rotatable bonds is 5. The highest BCUT2D eigenvalue weighted by atomic mass is 16.2. The molecule has 2 aliphatic rings. The van der Waals surface area contributed by atoms with Gasteiger partial charge in [0.15, 0.2) is 0 Å². The minimum absolute atomic E-state index is 0.117. The monoisotopic (exact) mass is 295 g/mol. The molecule has 0 unspecified atom stereocenters. The molecule has 7 nitrogen and oxygen atoms in total. The summed E-state index contributed by atoms with van der Waals surface area (Å²) in [7, 11) is 0. The van der Waals surface area contributed by atoms with Gasteiger partial charge in [-0.3, -0.25) is 24.1 Å². The summed E-state index contributed by atoms with van der Waals surface area (Å²) in [5, 5.41) is 0. The molecular weight excluding hydrogens is 274 g/mol. The van der Waals surface area contributed by atoms with Gasteiger partial charge in [0.05, 0.1) is 0 Å². The molecule has 2 aliphatic heterocycles. The van der Waals surface area contributed by atoms with Crippen LogP contribution in [-0.4, -0.2) is 52.6 Å². The van der Waals surface area contributed by atoms with E-state index in [1.807, 2.05) is 0 Å². The van der Waals surface area contributed by atoms with Gasteiger partial charge in [-0.15, -0.1) is 0 Å². The molecule has 2 N–H and O–H groups in total. The molecule has 0 aromatic carbocycles. The predicted octanol–water partition coefficient (Wildman–Crippen LogP) is -0.218. The van der Waals surface area contributed by atoms with Crippen molar-refractivity contribution in [3.8, 4) is 0 Å². The Hall–Kier alpha value is -1.92. The third-order valence-corrected chi connectivity index (χ3v) is 4.09. The molecule has 7 heteroatoms. The first-order valence-electron chi connectivity index (χ1n) is 7.40. The molecule has 0 spiro atoms. The van der Waals surface area contributed by atoms with Crippen molar-refractivity contribution in [1.29, 1.82) is 0 Å². The van der Waals surface area contributed by atoms with Gasteiger partial charge in [-0.1, -0.05) is 0 Å². The van der Waals surface area contributed by atoms with Gasteiger partial charge >= 0.3 is 0 Å². The molecule has 21 heavy (non-hydrogen) atoms. The van der Waals surface area contributed by atoms with Crippen molar-refractivity contribution in [3.63, 3.8) is 0 Å². The first-order valence-corrected chi connectivity index (χ1v) is 7.40. The third kappa shape index (κ3) is 3.80. The number of hydrogen-bond donors (Lipinski definition) is 1. The van der Waals surface area contributed by atoms with Crippen LogP contribution in [0.15, 0.2) is 0 Å². The maximum atomic E-state index is 12.3. The Morgan fingerprint density at radius 3 is 2.43 bits per heavy atom. The number of imide groups is 1. The number of piperidine rings is 1. The average molecular weight is 295 g/mol. The summed E-state index contributed by atoms with van der Waals surface area (Å²) in [5.41, 5.74) is 5.22. The smallest absolute Gasteiger partial charge is 0.229 e. The molecule has 0 bridgehead atoms. The summed E-state index contributed by atoms with van der Waals surface area (Å²) in [6, 6.07) is -0.145. The van der Waals surface area contributed by atoms with Crippen LogP contribution in [0.4, 0.5) is 0 Å². The highest BCUT2D eigenvalue weighted by Gasteiger charge is 2.31. The zero-order valence-electron chi connectivity index (χ0n) is 12.0. The maximum absolute atomic E-state index is 12.3. The van der Waals surface area contributed by atoms with Crippen LogP contribution in [0, 0.1) is 0 Å². The highest BCUT2D eigenvalue weighted by molar-refractivity contribution is 6.02. The minimum atomic E-state index is -0.412. The minimum Gasteiger partial charge on any atom is -0.370 e. The van der Waals surface area contributed by atoms with Crippen LogP contribution in [0.3, 0.4) is 0 Å². The SMILES string of the molecule is NC(=O)C[C@H]1CCCCN1C(=O)CCN1C(=O)CCC1=O. The lowest BCUT2D eigenvalue weighted by molar-refractivity contribution is -0.140. The van der Waals surface area contributed by atoms with Crippen LogP contribution < -0.4 is 5.73 Å². The molecule has 116 valence electrons. The molecule has 0 aliphatic carbocycles. The number of nitrogens with two attached hydrogens (primary N) is 1. The number of amides is 4. The Morgan fingerprint density at radius 1 is 1.14 bits per heavy atom. The van der Waals surface area contributed by atoms with Crippen LogP contribution in [0.1, 0.15) is 44.9 Å². The molecule has 4 amide bonds. The number of primary amides is 1. The third-order valence-electron chi connectivity index (χ3n) is 4.09. The Labute approximate surface area is 123 Å². The second kappa shape index (κ2) is 6.69. The normalized spacial score (nSPS) is 22.8. The summed E-state index contributed by atoms with van der Waals surface area (Å²) in [6.45, 7) is 0.745. The summed E-state index contributed by atoms with van der Waals surface area (Å²) < 4.78 is 0. The first-order chi connectivity index (χ1) is 9.99. The van der Waals surface area contributed by atoms with E-state index in [0.29, 0.717) is 6.54 Å². The highest BCUT2D eigenvalue weighted by Crippen LogP contribution is 2.21. The Balaban J connectivity index is 1.90. The zero-order valence-corrected chi connectivity index (χ0v) is 12.0. The van der Waals surface area contributed by atoms with Crippen molar-refractivity contribution in [1.82, 2.24) is 9.80 Å². The molecular formula is C14H21N3O4. The van der Waals surface area contributed by atoms with Crippen molar-refractivity contribution in [2.24, 2.45) is 5.73 Å². The predicted molar refractivity (Wildman–Crippen MR) is 73.7 cm³/mol. The molecule has 2 heterocycles. The van der Waals surface area contributed by atoms with E-state index in [1.54, 1.807) is 4.90 Å². The van der Waals surface area contributed by atoms with Gasteiger partial charge in [0.1, 0.15) is 0 Å². The number of nitrogens with zero attached hydrogens (tertiary/aromatic N) is 2. The standard InChI is InChI=1S/C14H21N3O4/c15-11(18)9-10-3-1-2-7-16(10)14(21)6-8-17-12(19)4-5-13(17)20/h10H,1-9H2,(H2,15,18)/t10-/m1/s1. The van der Waals surface area contributed by atoms with Crippen molar-refractivity contribution in [2.45, 2.75) is 51.0 Å². The second-order valence-corrected chi connectivity index (χ2v) is 5.60. The van der Waals surface area contributed by atoms with E-state index >= 15 is 0 Å². The van der Waals surface area contributed by atoms with Crippen molar-refractivity contribution < 1.29 is 19.2 Å². The number of hydrogen-bond acceptors (Lipinski definition) is 4. The second-order valence-electron chi connectivity index (χ2n) is 5.60. The molecule has 2 fully saturated rings. The molecule has 0 aromatic rings. The Morgan fingerprint density at radius 2 is 1.81 bits per heavy atom. The molecule has 0 saturated carbocycles. The molecule has 2 rings (SSSR count). The summed E-state index contributed by atoms with van der Waals surface area (Å²) >= 11 is 0. The topological polar surface area (TPSA) is 101 Å². The fourth-order valence-electron chi connectivity index (χ4n) is 3.00. The van der Waals surface area contributed by atoms with Crippen LogP contribution in [0.5, 0.6) is 0 Å². The Bertz CT molecular complexity index is 447. The number of likely N-dealkylation sites (tertiary alicyclic amines) is 2. The van der Waals surface area contributed by atoms with Crippen molar-refractivity contribution >= 4 is 23.6 Å². The van der Waals surface area contributed by atoms with Crippen molar-refractivity contribution in [3.05, 3.63) is 0 Å². The van der Waals surface area contributed by atoms with Gasteiger partial charge in [0.25, 0.3) is 0 Å². The summed E-state index contributed by atoms with van der Waals surface area (Å²) in [5.74, 6) is -0.946. The largest absolute Gasteiger partial charge is 0.370 e. The first kappa shape index (κ1) is 15.5. The fraction of sp³-hybridized carbons (Fsp3) is 0.714. The van der Waals surface area contributed by atoms with Crippen molar-refractivity contribution in [2.75, 3.05) is 13.1 Å². The lowest BCUT2D eigenvalue weighted by Crippen LogP contribution is -2.46. The van der Waals surface area contributed by atoms with E-state index in [0.717, 1.165) is 24.2 Å². The zero-order chi connectivity index (χ0) is 15.4. The number of carbonyl (C=O) groups is 4. The summed E-state index contributed by atoms with van der Waals surface area (Å²) in [6.07, 6.45) is 3.42. The van der Waals surface area contributed by atoms with Gasteiger partial charge < -0.3 is 10.6 Å². The molecule has 1 atom stereocenters. The van der Waals surface area contributed by atoms with E-state index in [-0.39, 0.29) is 56.0 Å². The fourth-order valence-corrected chi connectivity index (χ4v) is 3.00. The number of carbonyl (C=O) groups excluding carboxylic acids is 4. The quantitative estimate of drug-likeness (QED) is 0.709. The molecule has 0 radical (unpaired) electrons. The lowest BCUT2D eigenvalue weighted by atomic mass is 9.98. The summed E-state index contributed by atoms with van der Waals surface area (Å²) in [4.78, 5) is 49.2. The van der Waals surface area contributed by atoms with Crippen LogP contribution >= 0.6 is 0 Å². The van der Waals surface area contributed by atoms with E-state index < -0.39 is 5.91 Å². The Kier molecular flexibility index (Phi) is 4.93. The van der Waals surface area contributed by atoms with Gasteiger partial charge in [-0.05, 0) is 19.3 Å². The van der Waals surface area contributed by atoms with E-state index in [9.17, 15) is 19.2 Å². The van der Waals surface area contributed by atoms with Crippen LogP contribution in [-0.2, 0) is 19.2 Å². The maximum Gasteiger partial charge on any atom is 0.229 e. The van der Waals surface area contributed by atoms with E-state index in [1.165, 1.54) is 0 Å². The van der Waals surface area contributed by atoms with E-state index in [4.69, 9.17) is 5.73 Å². The van der Waals surface area contributed by atoms with Gasteiger partial charge in [-0.25, -0.2) is 0 Å².